The molecule has 0 aliphatic rings. The predicted octanol–water partition coefficient (Wildman–Crippen LogP) is 4.62. The Morgan fingerprint density at radius 2 is 1.71 bits per heavy atom. The van der Waals surface area contributed by atoms with Gasteiger partial charge in [0.2, 0.25) is 0 Å². The highest BCUT2D eigenvalue weighted by Crippen LogP contribution is 2.27. The lowest BCUT2D eigenvalue weighted by Crippen LogP contribution is -1.96. The molecule has 0 unspecified atom stereocenters. The fourth-order valence-electron chi connectivity index (χ4n) is 2.24. The van der Waals surface area contributed by atoms with Crippen LogP contribution in [0.25, 0.3) is 5.57 Å². The minimum Gasteiger partial charge on any atom is -0.0905 e. The van der Waals surface area contributed by atoms with Crippen molar-refractivity contribution in [3.8, 4) is 0 Å². The van der Waals surface area contributed by atoms with Crippen LogP contribution in [0, 0.1) is 6.92 Å². The van der Waals surface area contributed by atoms with Gasteiger partial charge in [-0.25, -0.2) is 0 Å². The molecule has 0 N–H and O–H groups in total. The van der Waals surface area contributed by atoms with Crippen LogP contribution in [0.5, 0.6) is 0 Å². The van der Waals surface area contributed by atoms with Crippen molar-refractivity contribution in [1.82, 2.24) is 0 Å². The Morgan fingerprint density at radius 3 is 2.35 bits per heavy atom. The number of hydrogen-bond donors (Lipinski definition) is 0. The van der Waals surface area contributed by atoms with Gasteiger partial charge < -0.3 is 0 Å². The monoisotopic (exact) mass is 222 g/mol. The minimum absolute atomic E-state index is 1.04. The summed E-state index contributed by atoms with van der Waals surface area (Å²) in [7, 11) is 0. The Bertz CT molecular complexity index is 521. The van der Waals surface area contributed by atoms with Gasteiger partial charge in [0.1, 0.15) is 0 Å². The lowest BCUT2D eigenvalue weighted by atomic mass is 9.90. The van der Waals surface area contributed by atoms with Gasteiger partial charge in [-0.05, 0) is 41.2 Å². The highest BCUT2D eigenvalue weighted by Gasteiger charge is 2.09. The molecule has 0 spiro atoms. The van der Waals surface area contributed by atoms with Crippen molar-refractivity contribution in [2.75, 3.05) is 0 Å². The molecule has 0 atom stereocenters. The fourth-order valence-corrected chi connectivity index (χ4v) is 2.24. The zero-order valence-corrected chi connectivity index (χ0v) is 10.5. The maximum atomic E-state index is 4.26. The lowest BCUT2D eigenvalue weighted by Gasteiger charge is -2.14. The molecule has 2 aromatic carbocycles. The van der Waals surface area contributed by atoms with Gasteiger partial charge in [0.05, 0.1) is 0 Å². The molecular formula is C17H18. The van der Waals surface area contributed by atoms with E-state index in [1.807, 2.05) is 6.07 Å². The number of hydrogen-bond acceptors (Lipinski definition) is 0. The molecule has 0 nitrogen and oxygen atoms in total. The van der Waals surface area contributed by atoms with Crippen LogP contribution in [-0.2, 0) is 6.42 Å². The Hall–Kier alpha value is -1.82. The van der Waals surface area contributed by atoms with Gasteiger partial charge in [-0.2, -0.15) is 0 Å². The van der Waals surface area contributed by atoms with Crippen LogP contribution in [-0.4, -0.2) is 0 Å². The molecule has 17 heavy (non-hydrogen) atoms. The molecule has 0 heteroatoms. The molecule has 0 saturated carbocycles. The molecule has 86 valence electrons. The van der Waals surface area contributed by atoms with E-state index in [1.165, 1.54) is 22.3 Å². The summed E-state index contributed by atoms with van der Waals surface area (Å²) in [6.07, 6.45) is 1.04. The zero-order chi connectivity index (χ0) is 12.3. The summed E-state index contributed by atoms with van der Waals surface area (Å²) < 4.78 is 0. The van der Waals surface area contributed by atoms with Gasteiger partial charge in [0.25, 0.3) is 0 Å². The van der Waals surface area contributed by atoms with E-state index in [0.717, 1.165) is 12.0 Å². The smallest absolute Gasteiger partial charge is 0.0123 e. The van der Waals surface area contributed by atoms with E-state index in [4.69, 9.17) is 0 Å². The first kappa shape index (κ1) is 11.7. The second kappa shape index (κ2) is 5.01. The Labute approximate surface area is 104 Å². The topological polar surface area (TPSA) is 0 Å². The Morgan fingerprint density at radius 1 is 1.00 bits per heavy atom. The SMILES string of the molecule is C=C(c1ccccc1)c1c(C)cccc1CC. The molecular weight excluding hydrogens is 204 g/mol. The van der Waals surface area contributed by atoms with Crippen LogP contribution in [0.15, 0.2) is 55.1 Å². The first-order valence-electron chi connectivity index (χ1n) is 6.07. The molecule has 0 saturated heterocycles. The van der Waals surface area contributed by atoms with Gasteiger partial charge in [-0.15, -0.1) is 0 Å². The Balaban J connectivity index is 2.51. The molecule has 0 radical (unpaired) electrons. The van der Waals surface area contributed by atoms with Crippen molar-refractivity contribution in [1.29, 1.82) is 0 Å². The zero-order valence-electron chi connectivity index (χ0n) is 10.5. The number of benzene rings is 2. The average Bonchev–Trinajstić information content (AvgIpc) is 2.38. The summed E-state index contributed by atoms with van der Waals surface area (Å²) >= 11 is 0. The molecule has 0 amide bonds. The van der Waals surface area contributed by atoms with Crippen LogP contribution in [0.4, 0.5) is 0 Å². The van der Waals surface area contributed by atoms with Gasteiger partial charge in [0, 0.05) is 0 Å². The molecule has 2 aromatic rings. The summed E-state index contributed by atoms with van der Waals surface area (Å²) in [5, 5.41) is 0. The van der Waals surface area contributed by atoms with Crippen LogP contribution in [0.1, 0.15) is 29.2 Å². The first-order valence-corrected chi connectivity index (χ1v) is 6.07. The number of aryl methyl sites for hydroxylation is 2. The normalized spacial score (nSPS) is 10.2. The van der Waals surface area contributed by atoms with E-state index in [-0.39, 0.29) is 0 Å². The van der Waals surface area contributed by atoms with E-state index in [1.54, 1.807) is 0 Å². The van der Waals surface area contributed by atoms with Gasteiger partial charge in [-0.1, -0.05) is 62.0 Å². The second-order valence-corrected chi connectivity index (χ2v) is 4.31. The van der Waals surface area contributed by atoms with Crippen LogP contribution < -0.4 is 0 Å². The summed E-state index contributed by atoms with van der Waals surface area (Å²) in [5.41, 5.74) is 6.32. The van der Waals surface area contributed by atoms with E-state index >= 15 is 0 Å². The van der Waals surface area contributed by atoms with E-state index in [0.29, 0.717) is 0 Å². The molecule has 0 aliphatic heterocycles. The third-order valence-corrected chi connectivity index (χ3v) is 3.16. The summed E-state index contributed by atoms with van der Waals surface area (Å²) in [4.78, 5) is 0. The largest absolute Gasteiger partial charge is 0.0905 e. The van der Waals surface area contributed by atoms with Crippen LogP contribution in [0.2, 0.25) is 0 Å². The van der Waals surface area contributed by atoms with Gasteiger partial charge >= 0.3 is 0 Å². The van der Waals surface area contributed by atoms with Crippen molar-refractivity contribution >= 4 is 5.57 Å². The summed E-state index contributed by atoms with van der Waals surface area (Å²) in [6.45, 7) is 8.61. The number of rotatable bonds is 3. The molecule has 0 bridgehead atoms. The molecule has 0 fully saturated rings. The highest BCUT2D eigenvalue weighted by molar-refractivity contribution is 5.81. The average molecular weight is 222 g/mol. The van der Waals surface area contributed by atoms with Crippen LogP contribution in [0.3, 0.4) is 0 Å². The quantitative estimate of drug-likeness (QED) is 0.711. The first-order chi connectivity index (χ1) is 8.24. The highest BCUT2D eigenvalue weighted by atomic mass is 14.1. The van der Waals surface area contributed by atoms with E-state index in [9.17, 15) is 0 Å². The summed E-state index contributed by atoms with van der Waals surface area (Å²) in [6, 6.07) is 16.9. The maximum absolute atomic E-state index is 4.26. The molecule has 0 aromatic heterocycles. The van der Waals surface area contributed by atoms with Gasteiger partial charge in [-0.3, -0.25) is 0 Å². The van der Waals surface area contributed by atoms with Crippen molar-refractivity contribution in [2.45, 2.75) is 20.3 Å². The standard InChI is InChI=1S/C17H18/c1-4-15-12-8-9-13(2)17(15)14(3)16-10-6-5-7-11-16/h5-12H,3-4H2,1-2H3. The lowest BCUT2D eigenvalue weighted by molar-refractivity contribution is 1.12. The van der Waals surface area contributed by atoms with E-state index < -0.39 is 0 Å². The minimum atomic E-state index is 1.04. The van der Waals surface area contributed by atoms with Crippen molar-refractivity contribution in [3.63, 3.8) is 0 Å². The Kier molecular flexibility index (Phi) is 3.43. The second-order valence-electron chi connectivity index (χ2n) is 4.31. The summed E-state index contributed by atoms with van der Waals surface area (Å²) in [5.74, 6) is 0. The third kappa shape index (κ3) is 2.31. The van der Waals surface area contributed by atoms with Gasteiger partial charge in [0.15, 0.2) is 0 Å². The van der Waals surface area contributed by atoms with Crippen molar-refractivity contribution < 1.29 is 0 Å². The predicted molar refractivity (Wildman–Crippen MR) is 75.1 cm³/mol. The van der Waals surface area contributed by atoms with Crippen LogP contribution >= 0.6 is 0 Å². The third-order valence-electron chi connectivity index (χ3n) is 3.16. The molecule has 0 heterocycles. The van der Waals surface area contributed by atoms with Crippen molar-refractivity contribution in [2.24, 2.45) is 0 Å². The van der Waals surface area contributed by atoms with E-state index in [2.05, 4.69) is 62.9 Å². The maximum Gasteiger partial charge on any atom is -0.0123 e. The van der Waals surface area contributed by atoms with Crippen molar-refractivity contribution in [3.05, 3.63) is 77.4 Å². The molecule has 2 rings (SSSR count). The fraction of sp³-hybridized carbons (Fsp3) is 0.176. The molecule has 0 aliphatic carbocycles.